The highest BCUT2D eigenvalue weighted by molar-refractivity contribution is 6.34. The fourth-order valence-electron chi connectivity index (χ4n) is 9.15. The molecule has 1 atom stereocenters. The van der Waals surface area contributed by atoms with Crippen molar-refractivity contribution in [1.29, 1.82) is 0 Å². The highest BCUT2D eigenvalue weighted by Crippen LogP contribution is 2.61. The molecule has 2 heteroatoms. The molecule has 0 saturated heterocycles. The summed E-state index contributed by atoms with van der Waals surface area (Å²) in [4.78, 5) is 0. The van der Waals surface area contributed by atoms with Crippen LogP contribution in [0.4, 0.5) is 8.78 Å². The smallest absolute Gasteiger partial charge is 0.159 e. The van der Waals surface area contributed by atoms with Crippen LogP contribution in [0.2, 0.25) is 0 Å². The molecule has 0 heterocycles. The Morgan fingerprint density at radius 2 is 1.00 bits per heavy atom. The van der Waals surface area contributed by atoms with E-state index in [2.05, 4.69) is 133 Å². The molecule has 0 aromatic heterocycles. The molecule has 8 aromatic rings. The molecule has 10 rings (SSSR count). The predicted octanol–water partition coefficient (Wildman–Crippen LogP) is 11.6. The van der Waals surface area contributed by atoms with Crippen LogP contribution < -0.4 is 0 Å². The monoisotopic (exact) mass is 606 g/mol. The lowest BCUT2D eigenvalue weighted by Gasteiger charge is -2.40. The SMILES string of the molecule is Fc1cc2c3c(c4c5ccccc5c5ccccc5c4c2cc1F)C=C1c2ccccc2C(c2ccccc2)(c2ccccc2)C1C3. The molecule has 0 amide bonds. The first kappa shape index (κ1) is 26.6. The van der Waals surface area contributed by atoms with Gasteiger partial charge in [0, 0.05) is 5.92 Å². The van der Waals surface area contributed by atoms with Crippen molar-refractivity contribution in [1.82, 2.24) is 0 Å². The Kier molecular flexibility index (Phi) is 5.49. The summed E-state index contributed by atoms with van der Waals surface area (Å²) in [6.45, 7) is 0. The first-order valence-corrected chi connectivity index (χ1v) is 16.3. The largest absolute Gasteiger partial charge is 0.204 e. The zero-order valence-electron chi connectivity index (χ0n) is 25.5. The standard InChI is InChI=1S/C45H28F2/c46-41-25-35-34-24-40-36(31-19-11-12-22-39(31)45(40,27-13-3-1-4-14-27)28-15-5-2-6-16-28)23-37(34)43-32-20-9-7-17-29(32)30-18-8-10-21-33(30)44(43)38(35)26-42(41)47/h1-23,25-26,40H,24H2. The van der Waals surface area contributed by atoms with Gasteiger partial charge in [-0.1, -0.05) is 133 Å². The fraction of sp³-hybridized carbons (Fsp3) is 0.0667. The predicted molar refractivity (Wildman–Crippen MR) is 191 cm³/mol. The zero-order valence-corrected chi connectivity index (χ0v) is 25.5. The maximum Gasteiger partial charge on any atom is 0.159 e. The van der Waals surface area contributed by atoms with Crippen molar-refractivity contribution >= 4 is 54.7 Å². The Hall–Kier alpha value is -5.60. The van der Waals surface area contributed by atoms with E-state index in [0.717, 1.165) is 54.2 Å². The van der Waals surface area contributed by atoms with Crippen molar-refractivity contribution < 1.29 is 8.78 Å². The highest BCUT2D eigenvalue weighted by atomic mass is 19.2. The molecule has 8 aromatic carbocycles. The third-order valence-electron chi connectivity index (χ3n) is 10.9. The van der Waals surface area contributed by atoms with Crippen LogP contribution in [-0.2, 0) is 11.8 Å². The second-order valence-corrected chi connectivity index (χ2v) is 13.0. The van der Waals surface area contributed by atoms with Crippen LogP contribution in [0.25, 0.3) is 54.7 Å². The molecule has 0 nitrogen and oxygen atoms in total. The molecule has 0 saturated carbocycles. The molecule has 0 fully saturated rings. The van der Waals surface area contributed by atoms with Gasteiger partial charge >= 0.3 is 0 Å². The van der Waals surface area contributed by atoms with Crippen LogP contribution in [0.1, 0.15) is 33.4 Å². The van der Waals surface area contributed by atoms with Crippen molar-refractivity contribution in [3.8, 4) is 0 Å². The van der Waals surface area contributed by atoms with E-state index in [0.29, 0.717) is 6.42 Å². The van der Waals surface area contributed by atoms with E-state index < -0.39 is 17.0 Å². The van der Waals surface area contributed by atoms with Gasteiger partial charge in [-0.25, -0.2) is 8.78 Å². The Balaban J connectivity index is 1.42. The van der Waals surface area contributed by atoms with Crippen molar-refractivity contribution in [3.63, 3.8) is 0 Å². The molecule has 0 aliphatic heterocycles. The van der Waals surface area contributed by atoms with Crippen LogP contribution in [0.15, 0.2) is 146 Å². The molecular formula is C45H28F2. The summed E-state index contributed by atoms with van der Waals surface area (Å²) in [5.74, 6) is -1.59. The number of halogens is 2. The Bertz CT molecular complexity index is 2580. The van der Waals surface area contributed by atoms with Crippen LogP contribution in [0, 0.1) is 17.6 Å². The van der Waals surface area contributed by atoms with E-state index >= 15 is 8.78 Å². The Morgan fingerprint density at radius 3 is 1.64 bits per heavy atom. The topological polar surface area (TPSA) is 0 Å². The molecular weight excluding hydrogens is 578 g/mol. The Morgan fingerprint density at radius 1 is 0.489 bits per heavy atom. The minimum absolute atomic E-state index is 0.0395. The lowest BCUT2D eigenvalue weighted by atomic mass is 9.61. The van der Waals surface area contributed by atoms with Gasteiger partial charge in [-0.3, -0.25) is 0 Å². The maximum absolute atomic E-state index is 15.4. The van der Waals surface area contributed by atoms with Crippen molar-refractivity contribution in [2.24, 2.45) is 5.92 Å². The average molecular weight is 607 g/mol. The van der Waals surface area contributed by atoms with Crippen LogP contribution >= 0.6 is 0 Å². The minimum atomic E-state index is -0.820. The number of hydrogen-bond acceptors (Lipinski definition) is 0. The number of allylic oxidation sites excluding steroid dienone is 1. The van der Waals surface area contributed by atoms with Crippen molar-refractivity contribution in [2.45, 2.75) is 11.8 Å². The number of benzene rings is 8. The normalized spacial score (nSPS) is 16.3. The second-order valence-electron chi connectivity index (χ2n) is 13.0. The molecule has 1 unspecified atom stereocenters. The van der Waals surface area contributed by atoms with Gasteiger partial charge in [0.15, 0.2) is 11.6 Å². The second kappa shape index (κ2) is 9.70. The molecule has 0 bridgehead atoms. The first-order valence-electron chi connectivity index (χ1n) is 16.3. The summed E-state index contributed by atoms with van der Waals surface area (Å²) in [6, 6.07) is 50.2. The van der Waals surface area contributed by atoms with E-state index in [1.165, 1.54) is 40.0 Å². The highest BCUT2D eigenvalue weighted by Gasteiger charge is 2.52. The average Bonchev–Trinajstić information content (AvgIpc) is 3.42. The quantitative estimate of drug-likeness (QED) is 0.172. The third kappa shape index (κ3) is 3.45. The van der Waals surface area contributed by atoms with Gasteiger partial charge in [-0.2, -0.15) is 0 Å². The molecule has 222 valence electrons. The summed E-state index contributed by atoms with van der Waals surface area (Å²) < 4.78 is 30.7. The minimum Gasteiger partial charge on any atom is -0.204 e. The molecule has 2 aliphatic carbocycles. The summed E-state index contributed by atoms with van der Waals surface area (Å²) in [5.41, 5.74) is 8.00. The van der Waals surface area contributed by atoms with E-state index in [1.807, 2.05) is 6.07 Å². The van der Waals surface area contributed by atoms with E-state index in [-0.39, 0.29) is 5.92 Å². The van der Waals surface area contributed by atoms with Gasteiger partial charge in [0.05, 0.1) is 5.41 Å². The van der Waals surface area contributed by atoms with E-state index in [1.54, 1.807) is 0 Å². The summed E-state index contributed by atoms with van der Waals surface area (Å²) in [7, 11) is 0. The molecule has 0 radical (unpaired) electrons. The first-order chi connectivity index (χ1) is 23.2. The van der Waals surface area contributed by atoms with Crippen LogP contribution in [-0.4, -0.2) is 0 Å². The summed E-state index contributed by atoms with van der Waals surface area (Å²) >= 11 is 0. The zero-order chi connectivity index (χ0) is 31.3. The van der Waals surface area contributed by atoms with Gasteiger partial charge in [0.1, 0.15) is 0 Å². The summed E-state index contributed by atoms with van der Waals surface area (Å²) in [5, 5.41) is 8.08. The van der Waals surface area contributed by atoms with Gasteiger partial charge in [-0.05, 0) is 107 Å². The summed E-state index contributed by atoms with van der Waals surface area (Å²) in [6.07, 6.45) is 3.07. The van der Waals surface area contributed by atoms with Crippen molar-refractivity contribution in [2.75, 3.05) is 0 Å². The fourth-order valence-corrected chi connectivity index (χ4v) is 9.15. The molecule has 0 N–H and O–H groups in total. The molecule has 47 heavy (non-hydrogen) atoms. The lowest BCUT2D eigenvalue weighted by molar-refractivity contribution is 0.478. The lowest BCUT2D eigenvalue weighted by Crippen LogP contribution is -2.36. The van der Waals surface area contributed by atoms with Crippen molar-refractivity contribution in [3.05, 3.63) is 191 Å². The number of rotatable bonds is 2. The van der Waals surface area contributed by atoms with E-state index in [9.17, 15) is 0 Å². The molecule has 0 spiro atoms. The maximum atomic E-state index is 15.4. The van der Waals surface area contributed by atoms with Gasteiger partial charge < -0.3 is 0 Å². The van der Waals surface area contributed by atoms with Gasteiger partial charge in [0.25, 0.3) is 0 Å². The third-order valence-corrected chi connectivity index (χ3v) is 10.9. The number of hydrogen-bond donors (Lipinski definition) is 0. The van der Waals surface area contributed by atoms with Gasteiger partial charge in [0.2, 0.25) is 0 Å². The van der Waals surface area contributed by atoms with E-state index in [4.69, 9.17) is 0 Å². The molecule has 2 aliphatic rings. The van der Waals surface area contributed by atoms with Crippen LogP contribution in [0.5, 0.6) is 0 Å². The Labute approximate surface area is 271 Å². The number of fused-ring (bicyclic) bond motifs is 14. The van der Waals surface area contributed by atoms with Gasteiger partial charge in [-0.15, -0.1) is 0 Å². The van der Waals surface area contributed by atoms with Crippen LogP contribution in [0.3, 0.4) is 0 Å².